The number of nitrogens with zero attached hydrogens (tertiary/aromatic N) is 8. The molecule has 0 unspecified atom stereocenters. The summed E-state index contributed by atoms with van der Waals surface area (Å²) < 4.78 is 1.55. The molecule has 0 N–H and O–H groups in total. The molecule has 0 spiro atoms. The normalized spacial score (nSPS) is 18.5. The minimum Gasteiger partial charge on any atom is -0.355 e. The Morgan fingerprint density at radius 3 is 1.93 bits per heavy atom. The Kier molecular flexibility index (Phi) is 5.17. The zero-order valence-corrected chi connectivity index (χ0v) is 15.8. The van der Waals surface area contributed by atoms with Gasteiger partial charge in [0, 0.05) is 46.3 Å². The van der Waals surface area contributed by atoms with E-state index in [4.69, 9.17) is 0 Å². The lowest BCUT2D eigenvalue weighted by atomic mass is 10.2. The summed E-state index contributed by atoms with van der Waals surface area (Å²) in [7, 11) is 1.76. The summed E-state index contributed by atoms with van der Waals surface area (Å²) in [5.41, 5.74) is 0.396. The van der Waals surface area contributed by atoms with Gasteiger partial charge in [-0.1, -0.05) is 18.1 Å². The molecule has 144 valence electrons. The van der Waals surface area contributed by atoms with Gasteiger partial charge in [-0.25, -0.2) is 0 Å². The quantitative estimate of drug-likeness (QED) is 0.795. The molecule has 2 aromatic rings. The highest BCUT2D eigenvalue weighted by atomic mass is 16.2. The van der Waals surface area contributed by atoms with E-state index in [1.807, 2.05) is 11.0 Å². The van der Waals surface area contributed by atoms with Gasteiger partial charge in [-0.2, -0.15) is 0 Å². The number of carbonyl (C=O) groups is 1. The third kappa shape index (κ3) is 4.01. The van der Waals surface area contributed by atoms with Crippen molar-refractivity contribution in [2.75, 3.05) is 49.1 Å². The first-order valence-electron chi connectivity index (χ1n) is 9.70. The van der Waals surface area contributed by atoms with Crippen LogP contribution in [0.5, 0.6) is 0 Å². The zero-order valence-electron chi connectivity index (χ0n) is 15.8. The summed E-state index contributed by atoms with van der Waals surface area (Å²) in [6.07, 6.45) is 6.72. The van der Waals surface area contributed by atoms with Crippen molar-refractivity contribution in [2.24, 2.45) is 7.05 Å². The molecule has 0 aromatic carbocycles. The summed E-state index contributed by atoms with van der Waals surface area (Å²) in [6, 6.07) is 4.12. The van der Waals surface area contributed by atoms with E-state index < -0.39 is 0 Å². The average molecular weight is 370 g/mol. The number of hydrogen-bond donors (Lipinski definition) is 0. The molecule has 2 aromatic heterocycles. The van der Waals surface area contributed by atoms with Crippen molar-refractivity contribution in [1.82, 2.24) is 30.1 Å². The lowest BCUT2D eigenvalue weighted by Crippen LogP contribution is -2.49. The van der Waals surface area contributed by atoms with Crippen molar-refractivity contribution in [1.29, 1.82) is 0 Å². The van der Waals surface area contributed by atoms with Crippen molar-refractivity contribution >= 4 is 17.5 Å². The van der Waals surface area contributed by atoms with E-state index in [9.17, 15) is 4.79 Å². The highest BCUT2D eigenvalue weighted by Gasteiger charge is 2.25. The molecule has 9 nitrogen and oxygen atoms in total. The summed E-state index contributed by atoms with van der Waals surface area (Å²) in [5.74, 6) is 1.78. The first-order chi connectivity index (χ1) is 13.2. The first-order valence-corrected chi connectivity index (χ1v) is 9.70. The molecular formula is C18H26N8O. The molecule has 0 aliphatic carbocycles. The number of aromatic nitrogens is 5. The van der Waals surface area contributed by atoms with Gasteiger partial charge in [0.2, 0.25) is 0 Å². The molecule has 2 saturated heterocycles. The van der Waals surface area contributed by atoms with Crippen LogP contribution in [0, 0.1) is 0 Å². The van der Waals surface area contributed by atoms with Gasteiger partial charge >= 0.3 is 0 Å². The van der Waals surface area contributed by atoms with Gasteiger partial charge in [0.15, 0.2) is 17.3 Å². The summed E-state index contributed by atoms with van der Waals surface area (Å²) in [6.45, 7) is 4.90. The maximum atomic E-state index is 12.5. The van der Waals surface area contributed by atoms with Gasteiger partial charge in [-0.15, -0.1) is 15.3 Å². The Labute approximate surface area is 159 Å². The van der Waals surface area contributed by atoms with E-state index in [1.165, 1.54) is 25.7 Å². The van der Waals surface area contributed by atoms with Gasteiger partial charge in [0.1, 0.15) is 0 Å². The average Bonchev–Trinajstić information content (AvgIpc) is 2.97. The van der Waals surface area contributed by atoms with Crippen LogP contribution >= 0.6 is 0 Å². The van der Waals surface area contributed by atoms with Crippen LogP contribution in [-0.4, -0.2) is 75.3 Å². The number of amides is 1. The highest BCUT2D eigenvalue weighted by Crippen LogP contribution is 2.20. The van der Waals surface area contributed by atoms with Crippen LogP contribution in [0.4, 0.5) is 11.6 Å². The fourth-order valence-electron chi connectivity index (χ4n) is 3.70. The van der Waals surface area contributed by atoms with Crippen molar-refractivity contribution in [3.8, 4) is 0 Å². The van der Waals surface area contributed by atoms with Crippen molar-refractivity contribution in [2.45, 2.75) is 25.7 Å². The predicted octanol–water partition coefficient (Wildman–Crippen LogP) is 0.948. The molecule has 0 radical (unpaired) electrons. The number of piperazine rings is 1. The third-order valence-electron chi connectivity index (χ3n) is 5.28. The molecular weight excluding hydrogens is 344 g/mol. The van der Waals surface area contributed by atoms with Crippen LogP contribution in [0.25, 0.3) is 0 Å². The molecule has 0 atom stereocenters. The standard InChI is InChI=1S/C18H26N8O/c1-23-14-15(19-22-23)18(27)26-12-10-25(11-13-26)17-7-6-16(20-21-17)24-8-4-2-3-5-9-24/h6-7,14H,2-5,8-13H2,1H3. The maximum Gasteiger partial charge on any atom is 0.276 e. The van der Waals surface area contributed by atoms with E-state index in [0.29, 0.717) is 18.8 Å². The molecule has 2 aliphatic rings. The second-order valence-corrected chi connectivity index (χ2v) is 7.21. The van der Waals surface area contributed by atoms with Crippen LogP contribution in [0.1, 0.15) is 36.2 Å². The lowest BCUT2D eigenvalue weighted by Gasteiger charge is -2.34. The molecule has 9 heteroatoms. The number of rotatable bonds is 3. The van der Waals surface area contributed by atoms with E-state index in [-0.39, 0.29) is 5.91 Å². The van der Waals surface area contributed by atoms with Gasteiger partial charge in [-0.05, 0) is 25.0 Å². The van der Waals surface area contributed by atoms with Crippen LogP contribution in [0.2, 0.25) is 0 Å². The molecule has 4 heterocycles. The zero-order chi connectivity index (χ0) is 18.6. The van der Waals surface area contributed by atoms with Gasteiger partial charge < -0.3 is 14.7 Å². The second-order valence-electron chi connectivity index (χ2n) is 7.21. The predicted molar refractivity (Wildman–Crippen MR) is 102 cm³/mol. The largest absolute Gasteiger partial charge is 0.355 e. The molecule has 2 fully saturated rings. The first kappa shape index (κ1) is 17.7. The Bertz CT molecular complexity index is 758. The second kappa shape index (κ2) is 7.89. The van der Waals surface area contributed by atoms with Crippen LogP contribution in [0.3, 0.4) is 0 Å². The fourth-order valence-corrected chi connectivity index (χ4v) is 3.70. The molecule has 4 rings (SSSR count). The van der Waals surface area contributed by atoms with Crippen LogP contribution in [-0.2, 0) is 7.05 Å². The Morgan fingerprint density at radius 1 is 0.815 bits per heavy atom. The van der Waals surface area contributed by atoms with Gasteiger partial charge in [-0.3, -0.25) is 9.48 Å². The summed E-state index contributed by atoms with van der Waals surface area (Å²) >= 11 is 0. The molecule has 1 amide bonds. The van der Waals surface area contributed by atoms with Crippen LogP contribution < -0.4 is 9.80 Å². The van der Waals surface area contributed by atoms with E-state index >= 15 is 0 Å². The van der Waals surface area contributed by atoms with Gasteiger partial charge in [0.05, 0.1) is 6.20 Å². The molecule has 0 bridgehead atoms. The SMILES string of the molecule is Cn1cc(C(=O)N2CCN(c3ccc(N4CCCCCC4)nn3)CC2)nn1. The topological polar surface area (TPSA) is 83.3 Å². The Morgan fingerprint density at radius 2 is 1.41 bits per heavy atom. The van der Waals surface area contributed by atoms with E-state index in [2.05, 4.69) is 36.4 Å². The maximum absolute atomic E-state index is 12.5. The Balaban J connectivity index is 1.34. The van der Waals surface area contributed by atoms with Crippen LogP contribution in [0.15, 0.2) is 18.3 Å². The molecule has 2 aliphatic heterocycles. The fraction of sp³-hybridized carbons (Fsp3) is 0.611. The lowest BCUT2D eigenvalue weighted by molar-refractivity contribution is 0.0740. The molecule has 0 saturated carbocycles. The number of anilines is 2. The minimum atomic E-state index is -0.0645. The Hall–Kier alpha value is -2.71. The van der Waals surface area contributed by atoms with Gasteiger partial charge in [0.25, 0.3) is 5.91 Å². The van der Waals surface area contributed by atoms with E-state index in [1.54, 1.807) is 17.9 Å². The summed E-state index contributed by atoms with van der Waals surface area (Å²) in [4.78, 5) is 18.8. The monoisotopic (exact) mass is 370 g/mol. The summed E-state index contributed by atoms with van der Waals surface area (Å²) in [5, 5.41) is 16.6. The van der Waals surface area contributed by atoms with Crippen molar-refractivity contribution in [3.63, 3.8) is 0 Å². The number of aryl methyl sites for hydroxylation is 1. The number of carbonyl (C=O) groups excluding carboxylic acids is 1. The smallest absolute Gasteiger partial charge is 0.276 e. The third-order valence-corrected chi connectivity index (χ3v) is 5.28. The van der Waals surface area contributed by atoms with Crippen molar-refractivity contribution in [3.05, 3.63) is 24.0 Å². The molecule has 27 heavy (non-hydrogen) atoms. The van der Waals surface area contributed by atoms with Crippen molar-refractivity contribution < 1.29 is 4.79 Å². The van der Waals surface area contributed by atoms with E-state index in [0.717, 1.165) is 37.8 Å². The number of hydrogen-bond acceptors (Lipinski definition) is 7. The highest BCUT2D eigenvalue weighted by molar-refractivity contribution is 5.92. The minimum absolute atomic E-state index is 0.0645.